The van der Waals surface area contributed by atoms with E-state index in [-0.39, 0.29) is 29.0 Å². The maximum Gasteiger partial charge on any atom is 0.319 e. The van der Waals surface area contributed by atoms with E-state index >= 15 is 0 Å². The highest BCUT2D eigenvalue weighted by molar-refractivity contribution is 7.99. The minimum absolute atomic E-state index is 0.0850. The largest absolute Gasteiger partial charge is 0.341 e. The summed E-state index contributed by atoms with van der Waals surface area (Å²) in [5.41, 5.74) is 1.64. The number of thioether (sulfide) groups is 1. The average Bonchev–Trinajstić information content (AvgIpc) is 2.78. The average molecular weight is 458 g/mol. The zero-order valence-corrected chi connectivity index (χ0v) is 19.5. The lowest BCUT2D eigenvalue weighted by atomic mass is 9.97. The van der Waals surface area contributed by atoms with Crippen LogP contribution in [0, 0.1) is 17.7 Å². The number of anilines is 1. The highest BCUT2D eigenvalue weighted by atomic mass is 32.2. The van der Waals surface area contributed by atoms with E-state index < -0.39 is 5.82 Å². The minimum Gasteiger partial charge on any atom is -0.341 e. The van der Waals surface area contributed by atoms with Gasteiger partial charge in [0, 0.05) is 31.1 Å². The molecule has 0 spiro atoms. The van der Waals surface area contributed by atoms with E-state index in [9.17, 15) is 14.0 Å². The Kier molecular flexibility index (Phi) is 8.97. The van der Waals surface area contributed by atoms with E-state index in [4.69, 9.17) is 0 Å². The SMILES string of the molecule is CC(C)C(SCc1ccccc1)C(=O)N1CCCC(CNC(=O)Nc2cccc(F)c2)C1. The van der Waals surface area contributed by atoms with Crippen LogP contribution in [0.25, 0.3) is 0 Å². The molecule has 0 bridgehead atoms. The van der Waals surface area contributed by atoms with Crippen LogP contribution in [0.5, 0.6) is 0 Å². The van der Waals surface area contributed by atoms with Crippen LogP contribution in [0.2, 0.25) is 0 Å². The molecule has 2 aromatic rings. The highest BCUT2D eigenvalue weighted by Crippen LogP contribution is 2.27. The van der Waals surface area contributed by atoms with Crippen LogP contribution < -0.4 is 10.6 Å². The van der Waals surface area contributed by atoms with E-state index in [0.717, 1.165) is 25.1 Å². The Morgan fingerprint density at radius 1 is 1.16 bits per heavy atom. The molecule has 0 aromatic heterocycles. The van der Waals surface area contributed by atoms with Crippen LogP contribution in [-0.4, -0.2) is 41.7 Å². The first-order valence-corrected chi connectivity index (χ1v) is 12.2. The van der Waals surface area contributed by atoms with Crippen molar-refractivity contribution in [3.8, 4) is 0 Å². The van der Waals surface area contributed by atoms with Crippen molar-refractivity contribution in [2.45, 2.75) is 37.7 Å². The Morgan fingerprint density at radius 3 is 2.66 bits per heavy atom. The Morgan fingerprint density at radius 2 is 1.94 bits per heavy atom. The van der Waals surface area contributed by atoms with Crippen LogP contribution in [0.3, 0.4) is 0 Å². The van der Waals surface area contributed by atoms with Gasteiger partial charge >= 0.3 is 6.03 Å². The molecular weight excluding hydrogens is 425 g/mol. The lowest BCUT2D eigenvalue weighted by Gasteiger charge is -2.36. The summed E-state index contributed by atoms with van der Waals surface area (Å²) < 4.78 is 13.3. The molecule has 2 unspecified atom stereocenters. The molecule has 3 rings (SSSR count). The molecule has 1 aliphatic rings. The second-order valence-corrected chi connectivity index (χ2v) is 9.73. The van der Waals surface area contributed by atoms with Crippen LogP contribution >= 0.6 is 11.8 Å². The quantitative estimate of drug-likeness (QED) is 0.577. The van der Waals surface area contributed by atoms with Gasteiger partial charge in [0.25, 0.3) is 0 Å². The molecule has 1 fully saturated rings. The number of rotatable bonds is 8. The maximum atomic E-state index is 13.3. The normalized spacial score (nSPS) is 17.1. The van der Waals surface area contributed by atoms with Gasteiger partial charge in [0.2, 0.25) is 5.91 Å². The van der Waals surface area contributed by atoms with Gasteiger partial charge in [0.15, 0.2) is 0 Å². The van der Waals surface area contributed by atoms with E-state index in [1.165, 1.54) is 17.7 Å². The second-order valence-electron chi connectivity index (χ2n) is 8.60. The predicted molar refractivity (Wildman–Crippen MR) is 129 cm³/mol. The fraction of sp³-hybridized carbons (Fsp3) is 0.440. The summed E-state index contributed by atoms with van der Waals surface area (Å²) in [6, 6.07) is 15.7. The number of hydrogen-bond acceptors (Lipinski definition) is 3. The smallest absolute Gasteiger partial charge is 0.319 e. The third kappa shape index (κ3) is 7.26. The molecular formula is C25H32FN3O2S. The van der Waals surface area contributed by atoms with Crippen LogP contribution in [0.4, 0.5) is 14.9 Å². The van der Waals surface area contributed by atoms with Crippen molar-refractivity contribution in [2.24, 2.45) is 11.8 Å². The van der Waals surface area contributed by atoms with Crippen molar-refractivity contribution in [3.05, 3.63) is 66.0 Å². The van der Waals surface area contributed by atoms with Crippen LogP contribution in [0.15, 0.2) is 54.6 Å². The van der Waals surface area contributed by atoms with Gasteiger partial charge in [-0.15, -0.1) is 11.8 Å². The number of likely N-dealkylation sites (tertiary alicyclic amines) is 1. The van der Waals surface area contributed by atoms with Crippen molar-refractivity contribution >= 4 is 29.4 Å². The number of amides is 3. The van der Waals surface area contributed by atoms with Crippen molar-refractivity contribution in [1.29, 1.82) is 0 Å². The Balaban J connectivity index is 1.49. The highest BCUT2D eigenvalue weighted by Gasteiger charge is 2.31. The molecule has 3 amide bonds. The summed E-state index contributed by atoms with van der Waals surface area (Å²) in [5.74, 6) is 1.06. The number of nitrogens with zero attached hydrogens (tertiary/aromatic N) is 1. The molecule has 172 valence electrons. The standard InChI is InChI=1S/C25H32FN3O2S/c1-18(2)23(32-17-19-8-4-3-5-9-19)24(30)29-13-7-10-20(16-29)15-27-25(31)28-22-12-6-11-21(26)14-22/h3-6,8-9,11-12,14,18,20,23H,7,10,13,15-17H2,1-2H3,(H2,27,28,31). The van der Waals surface area contributed by atoms with Gasteiger partial charge < -0.3 is 15.5 Å². The van der Waals surface area contributed by atoms with Gasteiger partial charge in [-0.05, 0) is 48.4 Å². The fourth-order valence-corrected chi connectivity index (χ4v) is 5.14. The van der Waals surface area contributed by atoms with Crippen LogP contribution in [0.1, 0.15) is 32.3 Å². The van der Waals surface area contributed by atoms with Gasteiger partial charge in [-0.2, -0.15) is 0 Å². The second kappa shape index (κ2) is 11.9. The first kappa shape index (κ1) is 24.1. The molecule has 1 saturated heterocycles. The summed E-state index contributed by atoms with van der Waals surface area (Å²) >= 11 is 1.70. The van der Waals surface area contributed by atoms with Crippen LogP contribution in [-0.2, 0) is 10.5 Å². The van der Waals surface area contributed by atoms with Gasteiger partial charge in [-0.1, -0.05) is 50.2 Å². The topological polar surface area (TPSA) is 61.4 Å². The van der Waals surface area contributed by atoms with Gasteiger partial charge in [-0.25, -0.2) is 9.18 Å². The van der Waals surface area contributed by atoms with Crippen molar-refractivity contribution in [3.63, 3.8) is 0 Å². The number of carbonyl (C=O) groups is 2. The number of carbonyl (C=O) groups excluding carboxylic acids is 2. The van der Waals surface area contributed by atoms with E-state index in [1.807, 2.05) is 23.1 Å². The summed E-state index contributed by atoms with van der Waals surface area (Å²) in [4.78, 5) is 27.4. The first-order chi connectivity index (χ1) is 15.4. The summed E-state index contributed by atoms with van der Waals surface area (Å²) in [7, 11) is 0. The Hall–Kier alpha value is -2.54. The molecule has 32 heavy (non-hydrogen) atoms. The molecule has 0 saturated carbocycles. The van der Waals surface area contributed by atoms with E-state index in [0.29, 0.717) is 18.8 Å². The molecule has 1 heterocycles. The first-order valence-electron chi connectivity index (χ1n) is 11.2. The summed E-state index contributed by atoms with van der Waals surface area (Å²) in [6.07, 6.45) is 1.89. The summed E-state index contributed by atoms with van der Waals surface area (Å²) in [6.45, 7) is 6.09. The molecule has 2 N–H and O–H groups in total. The van der Waals surface area contributed by atoms with Gasteiger partial charge in [-0.3, -0.25) is 4.79 Å². The summed E-state index contributed by atoms with van der Waals surface area (Å²) in [5, 5.41) is 5.43. The molecule has 0 aliphatic carbocycles. The van der Waals surface area contributed by atoms with E-state index in [1.54, 1.807) is 23.9 Å². The molecule has 1 aliphatic heterocycles. The molecule has 0 radical (unpaired) electrons. The minimum atomic E-state index is -0.394. The number of urea groups is 1. The zero-order chi connectivity index (χ0) is 22.9. The van der Waals surface area contributed by atoms with Gasteiger partial charge in [0.1, 0.15) is 5.82 Å². The lowest BCUT2D eigenvalue weighted by Crippen LogP contribution is -2.48. The molecule has 2 aromatic carbocycles. The van der Waals surface area contributed by atoms with Crippen molar-refractivity contribution in [2.75, 3.05) is 25.0 Å². The number of hydrogen-bond donors (Lipinski definition) is 2. The molecule has 5 nitrogen and oxygen atoms in total. The Labute approximate surface area is 194 Å². The molecule has 2 atom stereocenters. The monoisotopic (exact) mass is 457 g/mol. The van der Waals surface area contributed by atoms with E-state index in [2.05, 4.69) is 36.6 Å². The number of benzene rings is 2. The zero-order valence-electron chi connectivity index (χ0n) is 18.7. The van der Waals surface area contributed by atoms with Gasteiger partial charge in [0.05, 0.1) is 5.25 Å². The third-order valence-electron chi connectivity index (χ3n) is 5.59. The predicted octanol–water partition coefficient (Wildman–Crippen LogP) is 5.14. The molecule has 7 heteroatoms. The van der Waals surface area contributed by atoms with Crippen molar-refractivity contribution in [1.82, 2.24) is 10.2 Å². The number of nitrogens with one attached hydrogen (secondary N) is 2. The third-order valence-corrected chi connectivity index (χ3v) is 7.19. The number of piperidine rings is 1. The Bertz CT molecular complexity index is 894. The van der Waals surface area contributed by atoms with Crippen molar-refractivity contribution < 1.29 is 14.0 Å². The maximum absolute atomic E-state index is 13.3. The lowest BCUT2D eigenvalue weighted by molar-refractivity contribution is -0.133. The fourth-order valence-electron chi connectivity index (χ4n) is 3.90. The number of halogens is 1.